The van der Waals surface area contributed by atoms with E-state index >= 15 is 0 Å². The van der Waals surface area contributed by atoms with E-state index in [4.69, 9.17) is 0 Å². The van der Waals surface area contributed by atoms with Crippen LogP contribution in [0.4, 0.5) is 5.69 Å². The van der Waals surface area contributed by atoms with E-state index in [-0.39, 0.29) is 11.7 Å². The van der Waals surface area contributed by atoms with Crippen LogP contribution in [0.25, 0.3) is 16.5 Å². The van der Waals surface area contributed by atoms with Gasteiger partial charge in [-0.25, -0.2) is 9.67 Å². The molecule has 0 spiro atoms. The van der Waals surface area contributed by atoms with Crippen LogP contribution in [0.5, 0.6) is 0 Å². The predicted molar refractivity (Wildman–Crippen MR) is 105 cm³/mol. The first kappa shape index (κ1) is 16.4. The minimum Gasteiger partial charge on any atom is -0.325 e. The molecule has 1 aromatic heterocycles. The summed E-state index contributed by atoms with van der Waals surface area (Å²) in [6.07, 6.45) is 1.65. The van der Waals surface area contributed by atoms with Gasteiger partial charge in [-0.2, -0.15) is 0 Å². The summed E-state index contributed by atoms with van der Waals surface area (Å²) in [5.74, 6) is 0.171. The maximum atomic E-state index is 12.3. The van der Waals surface area contributed by atoms with Gasteiger partial charge in [0, 0.05) is 11.1 Å². The second-order valence-electron chi connectivity index (χ2n) is 5.67. The van der Waals surface area contributed by atoms with Gasteiger partial charge >= 0.3 is 0 Å². The van der Waals surface area contributed by atoms with Gasteiger partial charge in [-0.05, 0) is 23.6 Å². The summed E-state index contributed by atoms with van der Waals surface area (Å²) in [7, 11) is 0. The smallest absolute Gasteiger partial charge is 0.234 e. The van der Waals surface area contributed by atoms with Crippen LogP contribution in [0.2, 0.25) is 0 Å². The molecule has 1 heterocycles. The summed E-state index contributed by atoms with van der Waals surface area (Å²) in [5.41, 5.74) is 1.75. The van der Waals surface area contributed by atoms with Crippen molar-refractivity contribution >= 4 is 34.1 Å². The molecule has 128 valence electrons. The Morgan fingerprint density at radius 2 is 1.73 bits per heavy atom. The van der Waals surface area contributed by atoms with E-state index in [1.807, 2.05) is 72.8 Å². The Kier molecular flexibility index (Phi) is 4.66. The minimum absolute atomic E-state index is 0.0811. The van der Waals surface area contributed by atoms with Crippen molar-refractivity contribution < 1.29 is 4.79 Å². The zero-order chi connectivity index (χ0) is 17.8. The third kappa shape index (κ3) is 3.60. The number of carbonyl (C=O) groups is 1. The van der Waals surface area contributed by atoms with Gasteiger partial charge in [0.15, 0.2) is 0 Å². The highest BCUT2D eigenvalue weighted by Crippen LogP contribution is 2.23. The van der Waals surface area contributed by atoms with Crippen LogP contribution in [0.1, 0.15) is 0 Å². The van der Waals surface area contributed by atoms with Gasteiger partial charge in [0.05, 0.1) is 11.4 Å². The van der Waals surface area contributed by atoms with Gasteiger partial charge in [0.1, 0.15) is 6.33 Å². The molecule has 0 atom stereocenters. The molecule has 0 fully saturated rings. The Labute approximate surface area is 155 Å². The third-order valence-electron chi connectivity index (χ3n) is 3.89. The number of rotatable bonds is 5. The van der Waals surface area contributed by atoms with E-state index in [0.29, 0.717) is 5.16 Å². The quantitative estimate of drug-likeness (QED) is 0.543. The van der Waals surface area contributed by atoms with Gasteiger partial charge in [-0.1, -0.05) is 66.4 Å². The first-order chi connectivity index (χ1) is 12.8. The SMILES string of the molecule is O=C(CSc1ncn(-c2ccccc2)n1)Nc1cccc2ccccc12. The number of thioether (sulfide) groups is 1. The molecule has 5 nitrogen and oxygen atoms in total. The molecule has 0 unspecified atom stereocenters. The van der Waals surface area contributed by atoms with Crippen LogP contribution in [0.15, 0.2) is 84.3 Å². The molecular formula is C20H16N4OS. The third-order valence-corrected chi connectivity index (χ3v) is 4.74. The topological polar surface area (TPSA) is 59.8 Å². The molecule has 0 saturated heterocycles. The maximum Gasteiger partial charge on any atom is 0.234 e. The number of nitrogens with one attached hydrogen (secondary N) is 1. The van der Waals surface area contributed by atoms with Crippen LogP contribution in [0, 0.1) is 0 Å². The van der Waals surface area contributed by atoms with Gasteiger partial charge in [-0.15, -0.1) is 5.10 Å². The molecule has 4 rings (SSSR count). The summed E-state index contributed by atoms with van der Waals surface area (Å²) in [6, 6.07) is 23.6. The molecule has 0 aliphatic rings. The van der Waals surface area contributed by atoms with Gasteiger partial charge < -0.3 is 5.32 Å². The Morgan fingerprint density at radius 1 is 0.962 bits per heavy atom. The summed E-state index contributed by atoms with van der Waals surface area (Å²) < 4.78 is 1.70. The van der Waals surface area contributed by atoms with Crippen molar-refractivity contribution in [3.8, 4) is 5.69 Å². The van der Waals surface area contributed by atoms with Crippen molar-refractivity contribution in [2.75, 3.05) is 11.1 Å². The van der Waals surface area contributed by atoms with Crippen molar-refractivity contribution in [2.24, 2.45) is 0 Å². The molecule has 0 bridgehead atoms. The number of fused-ring (bicyclic) bond motifs is 1. The van der Waals surface area contributed by atoms with E-state index in [1.54, 1.807) is 11.0 Å². The van der Waals surface area contributed by atoms with Gasteiger partial charge in [0.25, 0.3) is 0 Å². The second-order valence-corrected chi connectivity index (χ2v) is 6.61. The summed E-state index contributed by atoms with van der Waals surface area (Å²) in [4.78, 5) is 16.6. The molecule has 1 amide bonds. The lowest BCUT2D eigenvalue weighted by molar-refractivity contribution is -0.113. The number of carbonyl (C=O) groups excluding carboxylic acids is 1. The van der Waals surface area contributed by atoms with Gasteiger partial charge in [-0.3, -0.25) is 4.79 Å². The number of amides is 1. The highest BCUT2D eigenvalue weighted by Gasteiger charge is 2.09. The van der Waals surface area contributed by atoms with E-state index < -0.39 is 0 Å². The first-order valence-corrected chi connectivity index (χ1v) is 9.16. The lowest BCUT2D eigenvalue weighted by Crippen LogP contribution is -2.14. The normalized spacial score (nSPS) is 10.8. The highest BCUT2D eigenvalue weighted by atomic mass is 32.2. The number of hydrogen-bond donors (Lipinski definition) is 1. The molecule has 0 aliphatic carbocycles. The van der Waals surface area contributed by atoms with E-state index in [0.717, 1.165) is 22.1 Å². The fourth-order valence-electron chi connectivity index (χ4n) is 2.67. The van der Waals surface area contributed by atoms with Crippen LogP contribution >= 0.6 is 11.8 Å². The lowest BCUT2D eigenvalue weighted by Gasteiger charge is -2.08. The van der Waals surface area contributed by atoms with E-state index in [1.165, 1.54) is 11.8 Å². The average molecular weight is 360 g/mol. The van der Waals surface area contributed by atoms with E-state index in [2.05, 4.69) is 15.4 Å². The summed E-state index contributed by atoms with van der Waals surface area (Å²) in [6.45, 7) is 0. The Balaban J connectivity index is 1.41. The van der Waals surface area contributed by atoms with Gasteiger partial charge in [0.2, 0.25) is 11.1 Å². The zero-order valence-corrected chi connectivity index (χ0v) is 14.7. The number of benzene rings is 3. The zero-order valence-electron chi connectivity index (χ0n) is 13.9. The first-order valence-electron chi connectivity index (χ1n) is 8.17. The van der Waals surface area contributed by atoms with Crippen molar-refractivity contribution in [1.82, 2.24) is 14.8 Å². The van der Waals surface area contributed by atoms with Crippen molar-refractivity contribution in [2.45, 2.75) is 5.16 Å². The number of hydrogen-bond acceptors (Lipinski definition) is 4. The molecule has 6 heteroatoms. The molecule has 26 heavy (non-hydrogen) atoms. The van der Waals surface area contributed by atoms with Crippen LogP contribution in [0.3, 0.4) is 0 Å². The largest absolute Gasteiger partial charge is 0.325 e. The van der Waals surface area contributed by atoms with Crippen molar-refractivity contribution in [3.05, 3.63) is 79.1 Å². The standard InChI is InChI=1S/C20H16N4OS/c25-19(22-18-12-6-8-15-7-4-5-11-17(15)18)13-26-20-21-14-24(23-20)16-9-2-1-3-10-16/h1-12,14H,13H2,(H,22,25). The fourth-order valence-corrected chi connectivity index (χ4v) is 3.27. The lowest BCUT2D eigenvalue weighted by atomic mass is 10.1. The molecule has 4 aromatic rings. The highest BCUT2D eigenvalue weighted by molar-refractivity contribution is 7.99. The predicted octanol–water partition coefficient (Wildman–Crippen LogP) is 4.15. The number of para-hydroxylation sites is 1. The molecule has 0 radical (unpaired) electrons. The minimum atomic E-state index is -0.0811. The van der Waals surface area contributed by atoms with Crippen molar-refractivity contribution in [3.63, 3.8) is 0 Å². The molecule has 0 aliphatic heterocycles. The van der Waals surface area contributed by atoms with Crippen molar-refractivity contribution in [1.29, 1.82) is 0 Å². The van der Waals surface area contributed by atoms with Crippen LogP contribution in [-0.4, -0.2) is 26.4 Å². The van der Waals surface area contributed by atoms with Crippen LogP contribution in [-0.2, 0) is 4.79 Å². The summed E-state index contributed by atoms with van der Waals surface area (Å²) in [5, 5.41) is 10.1. The second kappa shape index (κ2) is 7.41. The molecule has 0 saturated carbocycles. The number of nitrogens with zero attached hydrogens (tertiary/aromatic N) is 3. The molecular weight excluding hydrogens is 344 g/mol. The molecule has 1 N–H and O–H groups in total. The number of anilines is 1. The maximum absolute atomic E-state index is 12.3. The Hall–Kier alpha value is -3.12. The number of aromatic nitrogens is 3. The molecule has 3 aromatic carbocycles. The summed E-state index contributed by atoms with van der Waals surface area (Å²) >= 11 is 1.31. The fraction of sp³-hybridized carbons (Fsp3) is 0.0500. The Morgan fingerprint density at radius 3 is 2.62 bits per heavy atom. The average Bonchev–Trinajstić information content (AvgIpc) is 3.17. The monoisotopic (exact) mass is 360 g/mol. The Bertz CT molecular complexity index is 1040. The van der Waals surface area contributed by atoms with Crippen LogP contribution < -0.4 is 5.32 Å². The van der Waals surface area contributed by atoms with E-state index in [9.17, 15) is 4.79 Å².